The largest absolute Gasteiger partial charge is 0.485 e. The molecule has 1 N–H and O–H groups in total. The highest BCUT2D eigenvalue weighted by atomic mass is 32.2. The Balaban J connectivity index is 1.80. The highest BCUT2D eigenvalue weighted by Gasteiger charge is 2.27. The third-order valence-electron chi connectivity index (χ3n) is 3.02. The molecule has 0 aliphatic carbocycles. The van der Waals surface area contributed by atoms with Gasteiger partial charge in [-0.1, -0.05) is 42.5 Å². The van der Waals surface area contributed by atoms with Crippen molar-refractivity contribution in [2.75, 3.05) is 5.75 Å². The lowest BCUT2D eigenvalue weighted by molar-refractivity contribution is 0.0457. The lowest BCUT2D eigenvalue weighted by atomic mass is 10.1. The molecular weight excluding hydrogens is 244 g/mol. The summed E-state index contributed by atoms with van der Waals surface area (Å²) in [6.45, 7) is 0. The average Bonchev–Trinajstić information content (AvgIpc) is 2.47. The number of hydrogen-bond acceptors (Lipinski definition) is 3. The molecule has 2 aromatic carbocycles. The van der Waals surface area contributed by atoms with Gasteiger partial charge in [0.2, 0.25) is 0 Å². The van der Waals surface area contributed by atoms with Gasteiger partial charge < -0.3 is 9.84 Å². The Bertz CT molecular complexity index is 527. The summed E-state index contributed by atoms with van der Waals surface area (Å²) in [4.78, 5) is 1.15. The molecule has 0 amide bonds. The molecule has 3 heteroatoms. The first kappa shape index (κ1) is 11.6. The van der Waals surface area contributed by atoms with E-state index in [9.17, 15) is 5.11 Å². The van der Waals surface area contributed by atoms with Crippen molar-refractivity contribution in [1.82, 2.24) is 0 Å². The van der Waals surface area contributed by atoms with Crippen LogP contribution in [0.1, 0.15) is 11.7 Å². The normalized spacial score (nSPS) is 19.7. The van der Waals surface area contributed by atoms with Crippen LogP contribution in [0.5, 0.6) is 5.75 Å². The fraction of sp³-hybridized carbons (Fsp3) is 0.200. The number of hydrogen-bond donors (Lipinski definition) is 1. The van der Waals surface area contributed by atoms with Crippen molar-refractivity contribution in [2.45, 2.75) is 17.1 Å². The monoisotopic (exact) mass is 258 g/mol. The molecule has 0 spiro atoms. The highest BCUT2D eigenvalue weighted by molar-refractivity contribution is 7.99. The minimum atomic E-state index is -0.577. The topological polar surface area (TPSA) is 29.5 Å². The van der Waals surface area contributed by atoms with Crippen LogP contribution in [0, 0.1) is 0 Å². The van der Waals surface area contributed by atoms with Crippen molar-refractivity contribution < 1.29 is 9.84 Å². The third-order valence-corrected chi connectivity index (χ3v) is 4.17. The first-order chi connectivity index (χ1) is 8.84. The molecule has 2 atom stereocenters. The molecule has 92 valence electrons. The predicted octanol–water partition coefficient (Wildman–Crippen LogP) is 3.27. The number of aliphatic hydroxyl groups is 1. The van der Waals surface area contributed by atoms with E-state index in [2.05, 4.69) is 0 Å². The van der Waals surface area contributed by atoms with Gasteiger partial charge in [-0.15, -0.1) is 11.8 Å². The summed E-state index contributed by atoms with van der Waals surface area (Å²) in [5.74, 6) is 1.64. The number of para-hydroxylation sites is 1. The van der Waals surface area contributed by atoms with Crippen LogP contribution in [0.3, 0.4) is 0 Å². The van der Waals surface area contributed by atoms with Crippen LogP contribution in [-0.2, 0) is 0 Å². The first-order valence-corrected chi connectivity index (χ1v) is 6.94. The quantitative estimate of drug-likeness (QED) is 0.896. The number of rotatable bonds is 2. The lowest BCUT2D eigenvalue weighted by Gasteiger charge is -2.29. The maximum absolute atomic E-state index is 10.3. The highest BCUT2D eigenvalue weighted by Crippen LogP contribution is 2.38. The minimum absolute atomic E-state index is 0.188. The molecule has 0 fully saturated rings. The smallest absolute Gasteiger partial charge is 0.138 e. The van der Waals surface area contributed by atoms with Gasteiger partial charge in [-0.05, 0) is 17.7 Å². The van der Waals surface area contributed by atoms with Gasteiger partial charge in [-0.2, -0.15) is 0 Å². The fourth-order valence-electron chi connectivity index (χ4n) is 2.06. The number of thioether (sulfide) groups is 1. The molecule has 0 aromatic heterocycles. The number of aliphatic hydroxyl groups excluding tert-OH is 1. The SMILES string of the molecule is OC(c1ccccc1)C1CSc2ccccc2O1. The van der Waals surface area contributed by atoms with Crippen molar-refractivity contribution in [1.29, 1.82) is 0 Å². The Morgan fingerprint density at radius 1 is 1.06 bits per heavy atom. The van der Waals surface area contributed by atoms with E-state index in [4.69, 9.17) is 4.74 Å². The van der Waals surface area contributed by atoms with Gasteiger partial charge in [0, 0.05) is 10.6 Å². The van der Waals surface area contributed by atoms with Crippen LogP contribution in [0.25, 0.3) is 0 Å². The second-order valence-corrected chi connectivity index (χ2v) is 5.33. The van der Waals surface area contributed by atoms with E-state index in [0.717, 1.165) is 22.0 Å². The summed E-state index contributed by atoms with van der Waals surface area (Å²) in [6.07, 6.45) is -0.764. The van der Waals surface area contributed by atoms with Gasteiger partial charge in [0.25, 0.3) is 0 Å². The maximum Gasteiger partial charge on any atom is 0.138 e. The molecule has 2 nitrogen and oxygen atoms in total. The van der Waals surface area contributed by atoms with Crippen LogP contribution in [0.15, 0.2) is 59.5 Å². The van der Waals surface area contributed by atoms with E-state index >= 15 is 0 Å². The number of ether oxygens (including phenoxy) is 1. The van der Waals surface area contributed by atoms with Gasteiger partial charge in [-0.25, -0.2) is 0 Å². The second kappa shape index (κ2) is 5.04. The van der Waals surface area contributed by atoms with Crippen LogP contribution in [0.2, 0.25) is 0 Å². The molecule has 18 heavy (non-hydrogen) atoms. The third kappa shape index (κ3) is 2.24. The Kier molecular flexibility index (Phi) is 3.26. The van der Waals surface area contributed by atoms with E-state index in [0.29, 0.717) is 0 Å². The summed E-state index contributed by atoms with van der Waals surface area (Å²) >= 11 is 1.73. The molecule has 1 aliphatic rings. The van der Waals surface area contributed by atoms with Crippen LogP contribution in [0.4, 0.5) is 0 Å². The number of fused-ring (bicyclic) bond motifs is 1. The summed E-state index contributed by atoms with van der Waals surface area (Å²) < 4.78 is 5.88. The Morgan fingerprint density at radius 3 is 2.61 bits per heavy atom. The maximum atomic E-state index is 10.3. The average molecular weight is 258 g/mol. The summed E-state index contributed by atoms with van der Waals surface area (Å²) in [6, 6.07) is 17.6. The van der Waals surface area contributed by atoms with E-state index in [1.165, 1.54) is 0 Å². The molecule has 1 heterocycles. The van der Waals surface area contributed by atoms with Crippen LogP contribution >= 0.6 is 11.8 Å². The van der Waals surface area contributed by atoms with Gasteiger partial charge >= 0.3 is 0 Å². The lowest BCUT2D eigenvalue weighted by Crippen LogP contribution is -2.30. The number of benzene rings is 2. The molecule has 2 unspecified atom stereocenters. The zero-order valence-corrected chi connectivity index (χ0v) is 10.6. The molecular formula is C15H14O2S. The Labute approximate surface area is 111 Å². The Hall–Kier alpha value is -1.45. The first-order valence-electron chi connectivity index (χ1n) is 5.96. The van der Waals surface area contributed by atoms with Crippen molar-refractivity contribution in [3.8, 4) is 5.75 Å². The van der Waals surface area contributed by atoms with Crippen LogP contribution in [-0.4, -0.2) is 17.0 Å². The van der Waals surface area contributed by atoms with E-state index in [1.807, 2.05) is 54.6 Å². The Morgan fingerprint density at radius 2 is 1.78 bits per heavy atom. The fourth-order valence-corrected chi connectivity index (χ4v) is 3.08. The molecule has 3 rings (SSSR count). The van der Waals surface area contributed by atoms with Crippen molar-refractivity contribution in [2.24, 2.45) is 0 Å². The molecule has 0 saturated heterocycles. The van der Waals surface area contributed by atoms with Gasteiger partial charge in [-0.3, -0.25) is 0 Å². The summed E-state index contributed by atoms with van der Waals surface area (Å²) in [5.41, 5.74) is 0.905. The van der Waals surface area contributed by atoms with Crippen molar-refractivity contribution >= 4 is 11.8 Å². The molecule has 2 aromatic rings. The van der Waals surface area contributed by atoms with E-state index in [1.54, 1.807) is 11.8 Å². The van der Waals surface area contributed by atoms with Crippen molar-refractivity contribution in [3.63, 3.8) is 0 Å². The molecule has 0 radical (unpaired) electrons. The predicted molar refractivity (Wildman–Crippen MR) is 73.0 cm³/mol. The van der Waals surface area contributed by atoms with Gasteiger partial charge in [0.1, 0.15) is 18.0 Å². The molecule has 0 bridgehead atoms. The van der Waals surface area contributed by atoms with Gasteiger partial charge in [0.05, 0.1) is 0 Å². The second-order valence-electron chi connectivity index (χ2n) is 4.27. The van der Waals surface area contributed by atoms with Crippen molar-refractivity contribution in [3.05, 3.63) is 60.2 Å². The molecule has 0 saturated carbocycles. The van der Waals surface area contributed by atoms with E-state index in [-0.39, 0.29) is 6.10 Å². The summed E-state index contributed by atoms with van der Waals surface area (Å²) in [5, 5.41) is 10.3. The van der Waals surface area contributed by atoms with E-state index < -0.39 is 6.10 Å². The standard InChI is InChI=1S/C15H14O2S/c16-15(11-6-2-1-3-7-11)13-10-18-14-9-5-4-8-12(14)17-13/h1-9,13,15-16H,10H2. The zero-order valence-electron chi connectivity index (χ0n) is 9.82. The zero-order chi connectivity index (χ0) is 12.4. The summed E-state index contributed by atoms with van der Waals surface area (Å²) in [7, 11) is 0. The van der Waals surface area contributed by atoms with Gasteiger partial charge in [0.15, 0.2) is 0 Å². The molecule has 1 aliphatic heterocycles. The van der Waals surface area contributed by atoms with Crippen LogP contribution < -0.4 is 4.74 Å². The minimum Gasteiger partial charge on any atom is -0.485 e.